The molecule has 2 aromatic heterocycles. The number of hydrogen-bond acceptors (Lipinski definition) is 4. The third-order valence-corrected chi connectivity index (χ3v) is 12.9. The van der Waals surface area contributed by atoms with Crippen LogP contribution in [-0.4, -0.2) is 4.98 Å². The van der Waals surface area contributed by atoms with E-state index in [4.69, 9.17) is 9.40 Å². The highest BCUT2D eigenvalue weighted by Crippen LogP contribution is 2.44. The molecular formula is C55H34N2OS. The SMILES string of the molecule is c1ccc(-c2cccc(N(c3ccc(-c4cccc5c4sc4ccccc45)cc3)c3ccc4c(ccc5ccc6ccc7nc(-c8ccccc8)oc7c6c54)c3)c2)cc1. The van der Waals surface area contributed by atoms with E-state index in [1.54, 1.807) is 0 Å². The largest absolute Gasteiger partial charge is 0.435 e. The number of rotatable bonds is 6. The molecule has 0 bridgehead atoms. The van der Waals surface area contributed by atoms with Gasteiger partial charge in [0.05, 0.1) is 0 Å². The number of hydrogen-bond donors (Lipinski definition) is 0. The Bertz CT molecular complexity index is 3550. The van der Waals surface area contributed by atoms with E-state index >= 15 is 0 Å². The van der Waals surface area contributed by atoms with Crippen molar-refractivity contribution in [3.05, 3.63) is 206 Å². The Morgan fingerprint density at radius 3 is 1.88 bits per heavy atom. The van der Waals surface area contributed by atoms with Gasteiger partial charge >= 0.3 is 0 Å². The lowest BCUT2D eigenvalue weighted by molar-refractivity contribution is 0.623. The van der Waals surface area contributed by atoms with Crippen molar-refractivity contribution in [2.24, 2.45) is 0 Å². The van der Waals surface area contributed by atoms with Gasteiger partial charge in [-0.3, -0.25) is 0 Å². The molecular weight excluding hydrogens is 737 g/mol. The molecule has 0 saturated heterocycles. The van der Waals surface area contributed by atoms with E-state index in [0.29, 0.717) is 5.89 Å². The molecule has 12 aromatic rings. The van der Waals surface area contributed by atoms with E-state index in [1.165, 1.54) is 58.6 Å². The van der Waals surface area contributed by atoms with Crippen molar-refractivity contribution in [2.75, 3.05) is 4.90 Å². The molecule has 0 N–H and O–H groups in total. The Morgan fingerprint density at radius 2 is 1.05 bits per heavy atom. The lowest BCUT2D eigenvalue weighted by Gasteiger charge is -2.27. The fourth-order valence-electron chi connectivity index (χ4n) is 8.85. The molecule has 0 amide bonds. The first-order valence-corrected chi connectivity index (χ1v) is 20.8. The van der Waals surface area contributed by atoms with Gasteiger partial charge in [-0.05, 0) is 104 Å². The van der Waals surface area contributed by atoms with Gasteiger partial charge in [0.2, 0.25) is 5.89 Å². The molecule has 0 spiro atoms. The van der Waals surface area contributed by atoms with E-state index in [1.807, 2.05) is 41.7 Å². The molecule has 0 fully saturated rings. The third kappa shape index (κ3) is 5.60. The topological polar surface area (TPSA) is 29.3 Å². The van der Waals surface area contributed by atoms with Crippen LogP contribution in [0.15, 0.2) is 211 Å². The molecule has 3 nitrogen and oxygen atoms in total. The summed E-state index contributed by atoms with van der Waals surface area (Å²) in [4.78, 5) is 7.31. The second-order valence-corrected chi connectivity index (χ2v) is 16.2. The van der Waals surface area contributed by atoms with Crippen molar-refractivity contribution < 1.29 is 4.42 Å². The molecule has 0 aliphatic heterocycles. The highest BCUT2D eigenvalue weighted by Gasteiger charge is 2.19. The van der Waals surface area contributed by atoms with Crippen LogP contribution in [0.4, 0.5) is 17.1 Å². The first-order chi connectivity index (χ1) is 29.2. The number of benzene rings is 10. The zero-order valence-electron chi connectivity index (χ0n) is 31.8. The first-order valence-electron chi connectivity index (χ1n) is 19.9. The first kappa shape index (κ1) is 33.6. The quantitative estimate of drug-likeness (QED) is 0.158. The predicted molar refractivity (Wildman–Crippen MR) is 250 cm³/mol. The van der Waals surface area contributed by atoms with Crippen LogP contribution in [0.25, 0.3) is 97.3 Å². The van der Waals surface area contributed by atoms with Crippen LogP contribution >= 0.6 is 11.3 Å². The van der Waals surface area contributed by atoms with Crippen LogP contribution in [0, 0.1) is 0 Å². The number of anilines is 3. The van der Waals surface area contributed by atoms with E-state index in [2.05, 4.69) is 181 Å². The van der Waals surface area contributed by atoms with Gasteiger partial charge in [-0.2, -0.15) is 0 Å². The molecule has 0 unspecified atom stereocenters. The summed E-state index contributed by atoms with van der Waals surface area (Å²) in [7, 11) is 0. The maximum Gasteiger partial charge on any atom is 0.227 e. The van der Waals surface area contributed by atoms with Gasteiger partial charge < -0.3 is 9.32 Å². The lowest BCUT2D eigenvalue weighted by atomic mass is 9.95. The summed E-state index contributed by atoms with van der Waals surface area (Å²) in [6, 6.07) is 74.1. The summed E-state index contributed by atoms with van der Waals surface area (Å²) in [6.45, 7) is 0. The van der Waals surface area contributed by atoms with Crippen LogP contribution < -0.4 is 4.90 Å². The van der Waals surface area contributed by atoms with Gasteiger partial charge in [-0.1, -0.05) is 146 Å². The monoisotopic (exact) mass is 770 g/mol. The minimum atomic E-state index is 0.632. The number of aromatic nitrogens is 1. The van der Waals surface area contributed by atoms with Crippen molar-refractivity contribution in [1.82, 2.24) is 4.98 Å². The van der Waals surface area contributed by atoms with Crippen LogP contribution in [0.1, 0.15) is 0 Å². The minimum absolute atomic E-state index is 0.632. The zero-order chi connectivity index (χ0) is 38.9. The van der Waals surface area contributed by atoms with E-state index < -0.39 is 0 Å². The van der Waals surface area contributed by atoms with Crippen LogP contribution in [-0.2, 0) is 0 Å². The Hall–Kier alpha value is -7.53. The number of nitrogens with zero attached hydrogens (tertiary/aromatic N) is 2. The Morgan fingerprint density at radius 1 is 0.407 bits per heavy atom. The molecule has 12 rings (SSSR count). The summed E-state index contributed by atoms with van der Waals surface area (Å²) in [5.41, 5.74) is 10.7. The van der Waals surface area contributed by atoms with Crippen LogP contribution in [0.3, 0.4) is 0 Å². The van der Waals surface area contributed by atoms with Crippen LogP contribution in [0.2, 0.25) is 0 Å². The number of oxazole rings is 1. The van der Waals surface area contributed by atoms with Gasteiger partial charge in [0.25, 0.3) is 0 Å². The smallest absolute Gasteiger partial charge is 0.227 e. The fourth-order valence-corrected chi connectivity index (χ4v) is 10.1. The summed E-state index contributed by atoms with van der Waals surface area (Å²) >= 11 is 1.87. The van der Waals surface area contributed by atoms with Gasteiger partial charge in [0.1, 0.15) is 5.52 Å². The Labute approximate surface area is 344 Å². The molecule has 10 aromatic carbocycles. The predicted octanol–water partition coefficient (Wildman–Crippen LogP) is 16.1. The molecule has 4 heteroatoms. The van der Waals surface area contributed by atoms with Crippen molar-refractivity contribution in [3.63, 3.8) is 0 Å². The van der Waals surface area contributed by atoms with Gasteiger partial charge in [-0.25, -0.2) is 4.98 Å². The second kappa shape index (κ2) is 13.6. The van der Waals surface area contributed by atoms with Gasteiger partial charge in [0, 0.05) is 53.6 Å². The molecule has 0 atom stereocenters. The summed E-state index contributed by atoms with van der Waals surface area (Å²) in [5.74, 6) is 0.632. The molecule has 0 radical (unpaired) electrons. The van der Waals surface area contributed by atoms with Crippen molar-refractivity contribution in [3.8, 4) is 33.7 Å². The standard InChI is InChI=1S/C55H34N2OS/c1-3-11-35(12-4-1)40-15-9-16-43(33-40)57(42-28-25-36(26-29-42)46-18-10-19-48-47-17-7-8-20-50(47)59-54(46)48)44-30-31-45-41(34-44)24-23-37-21-22-38-27-32-49-53(52(38)51(37)45)58-55(56-49)39-13-5-2-6-14-39/h1-34H. The highest BCUT2D eigenvalue weighted by atomic mass is 32.1. The Balaban J connectivity index is 1.02. The number of fused-ring (bicyclic) bond motifs is 10. The highest BCUT2D eigenvalue weighted by molar-refractivity contribution is 7.26. The van der Waals surface area contributed by atoms with Crippen molar-refractivity contribution >= 4 is 92.0 Å². The maximum absolute atomic E-state index is 6.61. The summed E-state index contributed by atoms with van der Waals surface area (Å²) < 4.78 is 9.25. The Kier molecular flexibility index (Phi) is 7.72. The fraction of sp³-hybridized carbons (Fsp3) is 0. The van der Waals surface area contributed by atoms with Crippen molar-refractivity contribution in [1.29, 1.82) is 0 Å². The average Bonchev–Trinajstić information content (AvgIpc) is 3.92. The second-order valence-electron chi connectivity index (χ2n) is 15.1. The molecule has 0 saturated carbocycles. The average molecular weight is 771 g/mol. The molecule has 59 heavy (non-hydrogen) atoms. The van der Waals surface area contributed by atoms with E-state index in [9.17, 15) is 0 Å². The molecule has 0 aliphatic rings. The summed E-state index contributed by atoms with van der Waals surface area (Å²) in [5, 5.41) is 9.50. The lowest BCUT2D eigenvalue weighted by Crippen LogP contribution is -2.10. The molecule has 2 heterocycles. The van der Waals surface area contributed by atoms with Crippen LogP contribution in [0.5, 0.6) is 0 Å². The summed E-state index contributed by atoms with van der Waals surface area (Å²) in [6.07, 6.45) is 0. The van der Waals surface area contributed by atoms with Gasteiger partial charge in [-0.15, -0.1) is 11.3 Å². The molecule has 0 aliphatic carbocycles. The van der Waals surface area contributed by atoms with E-state index in [0.717, 1.165) is 49.9 Å². The minimum Gasteiger partial charge on any atom is -0.435 e. The van der Waals surface area contributed by atoms with Crippen molar-refractivity contribution in [2.45, 2.75) is 0 Å². The molecule has 276 valence electrons. The maximum atomic E-state index is 6.61. The van der Waals surface area contributed by atoms with Gasteiger partial charge in [0.15, 0.2) is 5.58 Å². The zero-order valence-corrected chi connectivity index (χ0v) is 32.7. The normalized spacial score (nSPS) is 11.7. The number of thiophene rings is 1. The van der Waals surface area contributed by atoms with E-state index in [-0.39, 0.29) is 0 Å². The third-order valence-electron chi connectivity index (χ3n) is 11.6.